The average Bonchev–Trinajstić information content (AvgIpc) is 2.37. The molecule has 0 radical (unpaired) electrons. The minimum absolute atomic E-state index is 0.00343. The molecule has 0 spiro atoms. The van der Waals surface area contributed by atoms with Crippen LogP contribution in [0.25, 0.3) is 0 Å². The van der Waals surface area contributed by atoms with Crippen LogP contribution in [0.5, 0.6) is 0 Å². The van der Waals surface area contributed by atoms with Gasteiger partial charge in [-0.2, -0.15) is 0 Å². The molecule has 1 amide bonds. The number of rotatable bonds is 3. The van der Waals surface area contributed by atoms with Gasteiger partial charge in [-0.1, -0.05) is 30.3 Å². The quantitative estimate of drug-likeness (QED) is 0.851. The van der Waals surface area contributed by atoms with E-state index in [1.54, 1.807) is 50.2 Å². The lowest BCUT2D eigenvalue weighted by molar-refractivity contribution is -0.133. The summed E-state index contributed by atoms with van der Waals surface area (Å²) in [7, 11) is 0. The predicted octanol–water partition coefficient (Wildman–Crippen LogP) is 0.815. The maximum Gasteiger partial charge on any atom is 0.262 e. The molecular weight excluding hydrogens is 242 g/mol. The topological polar surface area (TPSA) is 89.1 Å². The second-order valence-electron chi connectivity index (χ2n) is 4.42. The molecule has 0 bridgehead atoms. The normalized spacial score (nSPS) is 13.8. The summed E-state index contributed by atoms with van der Waals surface area (Å²) in [5, 5.41) is 10.7. The van der Waals surface area contributed by atoms with Gasteiger partial charge in [0.1, 0.15) is 0 Å². The number of aliphatic hydroxyl groups is 1. The van der Waals surface area contributed by atoms with Crippen molar-refractivity contribution < 1.29 is 9.90 Å². The minimum atomic E-state index is -2.02. The van der Waals surface area contributed by atoms with Crippen LogP contribution in [0.4, 0.5) is 0 Å². The van der Waals surface area contributed by atoms with E-state index in [4.69, 9.17) is 5.73 Å². The first-order valence-corrected chi connectivity index (χ1v) is 5.85. The molecule has 0 aliphatic rings. The Bertz CT molecular complexity index is 593. The lowest BCUT2D eigenvalue weighted by Gasteiger charge is -2.24. The monoisotopic (exact) mass is 257 g/mol. The number of benzene rings is 1. The van der Waals surface area contributed by atoms with E-state index in [2.05, 4.69) is 9.97 Å². The summed E-state index contributed by atoms with van der Waals surface area (Å²) in [4.78, 5) is 20.0. The first kappa shape index (κ1) is 13.2. The smallest absolute Gasteiger partial charge is 0.262 e. The molecule has 0 aliphatic carbocycles. The van der Waals surface area contributed by atoms with Crippen LogP contribution in [0.15, 0.2) is 36.4 Å². The van der Waals surface area contributed by atoms with E-state index in [0.717, 1.165) is 0 Å². The predicted molar refractivity (Wildman–Crippen MR) is 70.1 cm³/mol. The first-order chi connectivity index (χ1) is 8.94. The number of hydrogen-bond acceptors (Lipinski definition) is 4. The number of aryl methyl sites for hydroxylation is 2. The Kier molecular flexibility index (Phi) is 3.31. The maximum absolute atomic E-state index is 11.7. The SMILES string of the molecule is Cc1cc(C)nc(C(O)(C(N)=O)c2ccccc2)n1. The Morgan fingerprint density at radius 2 is 1.68 bits per heavy atom. The summed E-state index contributed by atoms with van der Waals surface area (Å²) >= 11 is 0. The molecule has 0 fully saturated rings. The summed E-state index contributed by atoms with van der Waals surface area (Å²) in [6.07, 6.45) is 0. The van der Waals surface area contributed by atoms with Gasteiger partial charge in [0.2, 0.25) is 5.60 Å². The number of nitrogens with two attached hydrogens (primary N) is 1. The molecule has 19 heavy (non-hydrogen) atoms. The van der Waals surface area contributed by atoms with E-state index in [-0.39, 0.29) is 5.82 Å². The summed E-state index contributed by atoms with van der Waals surface area (Å²) in [6, 6.07) is 10.2. The van der Waals surface area contributed by atoms with Crippen molar-refractivity contribution in [3.05, 3.63) is 59.2 Å². The van der Waals surface area contributed by atoms with Gasteiger partial charge in [0.25, 0.3) is 5.91 Å². The molecule has 2 rings (SSSR count). The number of carbonyl (C=O) groups excluding carboxylic acids is 1. The van der Waals surface area contributed by atoms with Crippen LogP contribution in [0.1, 0.15) is 22.8 Å². The van der Waals surface area contributed by atoms with Gasteiger partial charge in [-0.3, -0.25) is 4.79 Å². The van der Waals surface area contributed by atoms with Gasteiger partial charge in [-0.25, -0.2) is 9.97 Å². The summed E-state index contributed by atoms with van der Waals surface area (Å²) in [5.41, 5.74) is 5.03. The zero-order chi connectivity index (χ0) is 14.0. The van der Waals surface area contributed by atoms with E-state index in [1.807, 2.05) is 0 Å². The Hall–Kier alpha value is -2.27. The van der Waals surface area contributed by atoms with Crippen molar-refractivity contribution in [2.75, 3.05) is 0 Å². The van der Waals surface area contributed by atoms with Crippen molar-refractivity contribution >= 4 is 5.91 Å². The zero-order valence-electron chi connectivity index (χ0n) is 10.8. The molecule has 3 N–H and O–H groups in total. The van der Waals surface area contributed by atoms with Gasteiger partial charge in [-0.05, 0) is 19.9 Å². The number of nitrogens with zero attached hydrogens (tertiary/aromatic N) is 2. The van der Waals surface area contributed by atoms with Crippen molar-refractivity contribution in [3.8, 4) is 0 Å². The molecule has 1 heterocycles. The second-order valence-corrected chi connectivity index (χ2v) is 4.42. The van der Waals surface area contributed by atoms with E-state index in [9.17, 15) is 9.90 Å². The lowest BCUT2D eigenvalue weighted by atomic mass is 9.92. The standard InChI is InChI=1S/C14H15N3O2/c1-9-8-10(2)17-13(16-9)14(19,12(15)18)11-6-4-3-5-7-11/h3-8,19H,1-2H3,(H2,15,18). The zero-order valence-corrected chi connectivity index (χ0v) is 10.8. The third-order valence-electron chi connectivity index (χ3n) is 2.85. The molecule has 1 unspecified atom stereocenters. The molecule has 2 aromatic rings. The van der Waals surface area contributed by atoms with Crippen LogP contribution in [0.3, 0.4) is 0 Å². The van der Waals surface area contributed by atoms with Crippen molar-refractivity contribution in [1.29, 1.82) is 0 Å². The van der Waals surface area contributed by atoms with Gasteiger partial charge >= 0.3 is 0 Å². The maximum atomic E-state index is 11.7. The van der Waals surface area contributed by atoms with Gasteiger partial charge in [0.05, 0.1) is 0 Å². The fourth-order valence-electron chi connectivity index (χ4n) is 1.95. The van der Waals surface area contributed by atoms with Crippen LogP contribution in [0.2, 0.25) is 0 Å². The van der Waals surface area contributed by atoms with Crippen LogP contribution in [-0.4, -0.2) is 21.0 Å². The Balaban J connectivity index is 2.67. The van der Waals surface area contributed by atoms with Gasteiger partial charge in [-0.15, -0.1) is 0 Å². The van der Waals surface area contributed by atoms with Gasteiger partial charge < -0.3 is 10.8 Å². The summed E-state index contributed by atoms with van der Waals surface area (Å²) < 4.78 is 0. The highest BCUT2D eigenvalue weighted by Gasteiger charge is 2.41. The van der Waals surface area contributed by atoms with Crippen LogP contribution < -0.4 is 5.73 Å². The van der Waals surface area contributed by atoms with Crippen LogP contribution in [-0.2, 0) is 10.4 Å². The molecule has 1 aromatic carbocycles. The highest BCUT2D eigenvalue weighted by atomic mass is 16.3. The van der Waals surface area contributed by atoms with Gasteiger partial charge in [0, 0.05) is 17.0 Å². The molecule has 0 aliphatic heterocycles. The fraction of sp³-hybridized carbons (Fsp3) is 0.214. The molecule has 5 heteroatoms. The molecule has 0 saturated heterocycles. The molecule has 0 saturated carbocycles. The van der Waals surface area contributed by atoms with Crippen molar-refractivity contribution in [3.63, 3.8) is 0 Å². The number of carbonyl (C=O) groups is 1. The number of amides is 1. The fourth-order valence-corrected chi connectivity index (χ4v) is 1.95. The first-order valence-electron chi connectivity index (χ1n) is 5.85. The van der Waals surface area contributed by atoms with E-state index in [0.29, 0.717) is 17.0 Å². The lowest BCUT2D eigenvalue weighted by Crippen LogP contribution is -2.43. The highest BCUT2D eigenvalue weighted by Crippen LogP contribution is 2.27. The highest BCUT2D eigenvalue weighted by molar-refractivity contribution is 5.87. The molecule has 98 valence electrons. The number of aromatic nitrogens is 2. The Morgan fingerprint density at radius 3 is 2.16 bits per heavy atom. The van der Waals surface area contributed by atoms with E-state index in [1.165, 1.54) is 0 Å². The summed E-state index contributed by atoms with van der Waals surface area (Å²) in [6.45, 7) is 3.54. The third kappa shape index (κ3) is 2.32. The number of primary amides is 1. The Morgan fingerprint density at radius 1 is 1.16 bits per heavy atom. The minimum Gasteiger partial charge on any atom is -0.369 e. The molecule has 1 atom stereocenters. The van der Waals surface area contributed by atoms with Crippen LogP contribution in [0, 0.1) is 13.8 Å². The summed E-state index contributed by atoms with van der Waals surface area (Å²) in [5.74, 6) is -0.896. The van der Waals surface area contributed by atoms with Crippen LogP contribution >= 0.6 is 0 Å². The van der Waals surface area contributed by atoms with Crippen molar-refractivity contribution in [2.24, 2.45) is 5.73 Å². The molecule has 1 aromatic heterocycles. The Labute approximate surface area is 111 Å². The van der Waals surface area contributed by atoms with E-state index < -0.39 is 11.5 Å². The van der Waals surface area contributed by atoms with E-state index >= 15 is 0 Å². The largest absolute Gasteiger partial charge is 0.369 e. The molecule has 5 nitrogen and oxygen atoms in total. The van der Waals surface area contributed by atoms with Crippen molar-refractivity contribution in [2.45, 2.75) is 19.4 Å². The molecular formula is C14H15N3O2. The third-order valence-corrected chi connectivity index (χ3v) is 2.85. The average molecular weight is 257 g/mol. The van der Waals surface area contributed by atoms with Gasteiger partial charge in [0.15, 0.2) is 5.82 Å². The second kappa shape index (κ2) is 4.78. The van der Waals surface area contributed by atoms with Crippen molar-refractivity contribution in [1.82, 2.24) is 9.97 Å². The number of hydrogen-bond donors (Lipinski definition) is 2.